The minimum absolute atomic E-state index is 0. The predicted molar refractivity (Wildman–Crippen MR) is 43.1 cm³/mol. The van der Waals surface area contributed by atoms with Gasteiger partial charge in [-0.1, -0.05) is 0 Å². The Hall–Kier alpha value is 0.0969. The highest BCUT2D eigenvalue weighted by molar-refractivity contribution is 6.36. The Bertz CT molecular complexity index is 60.6. The molecule has 0 radical (unpaired) electrons. The lowest BCUT2D eigenvalue weighted by Gasteiger charge is -2.12. The fourth-order valence-corrected chi connectivity index (χ4v) is 1.66. The summed E-state index contributed by atoms with van der Waals surface area (Å²) in [5.74, 6) is 0. The van der Waals surface area contributed by atoms with Crippen LogP contribution in [0.15, 0.2) is 0 Å². The molecule has 0 amide bonds. The van der Waals surface area contributed by atoms with Gasteiger partial charge in [-0.3, -0.25) is 0 Å². The summed E-state index contributed by atoms with van der Waals surface area (Å²) in [5, 5.41) is 0. The second-order valence-corrected chi connectivity index (χ2v) is 3.23. The summed E-state index contributed by atoms with van der Waals surface area (Å²) < 4.78 is 15.7. The molecule has 3 nitrogen and oxygen atoms in total. The monoisotopic (exact) mass is 165 g/mol. The van der Waals surface area contributed by atoms with Crippen molar-refractivity contribution < 1.29 is 14.7 Å². The summed E-state index contributed by atoms with van der Waals surface area (Å²) in [7, 11) is -1.73. The highest BCUT2D eigenvalue weighted by Gasteiger charge is 2.11. The van der Waals surface area contributed by atoms with Gasteiger partial charge < -0.3 is 13.3 Å². The number of hydrogen-bond donors (Lipinski definition) is 0. The van der Waals surface area contributed by atoms with E-state index in [9.17, 15) is 0 Å². The molecule has 0 heterocycles. The van der Waals surface area contributed by atoms with Crippen LogP contribution < -0.4 is 0 Å². The fraction of sp³-hybridized carbons (Fsp3) is 1.00. The second kappa shape index (κ2) is 7.21. The van der Waals surface area contributed by atoms with Crippen LogP contribution in [0, 0.1) is 0 Å². The minimum atomic E-state index is -1.73. The van der Waals surface area contributed by atoms with Crippen LogP contribution in [-0.2, 0) is 13.3 Å². The van der Waals surface area contributed by atoms with Crippen molar-refractivity contribution >= 4 is 9.53 Å². The molecule has 0 aliphatic rings. The first-order chi connectivity index (χ1) is 4.85. The van der Waals surface area contributed by atoms with E-state index in [0.29, 0.717) is 19.8 Å². The Kier molecular flexibility index (Phi) is 7.28. The lowest BCUT2D eigenvalue weighted by atomic mass is 10.9. The summed E-state index contributed by atoms with van der Waals surface area (Å²) in [6, 6.07) is 0. The Balaban J connectivity index is 0. The Morgan fingerprint density at radius 3 is 1.40 bits per heavy atom. The first kappa shape index (κ1) is 10.1. The van der Waals surface area contributed by atoms with Gasteiger partial charge in [0.15, 0.2) is 0 Å². The molecule has 0 spiro atoms. The van der Waals surface area contributed by atoms with Crippen LogP contribution in [0.3, 0.4) is 0 Å². The van der Waals surface area contributed by atoms with Gasteiger partial charge in [-0.05, 0) is 20.8 Å². The fourth-order valence-electron chi connectivity index (χ4n) is 0.553. The molecule has 0 bridgehead atoms. The van der Waals surface area contributed by atoms with E-state index in [2.05, 4.69) is 0 Å². The van der Waals surface area contributed by atoms with Gasteiger partial charge in [0.1, 0.15) is 0 Å². The lowest BCUT2D eigenvalue weighted by molar-refractivity contribution is 0.107. The van der Waals surface area contributed by atoms with Gasteiger partial charge in [-0.15, -0.1) is 0 Å². The molecule has 0 fully saturated rings. The molecule has 0 aromatic heterocycles. The average Bonchev–Trinajstić information content (AvgIpc) is 1.90. The first-order valence-corrected chi connectivity index (χ1v) is 5.11. The zero-order chi connectivity index (χ0) is 7.82. The summed E-state index contributed by atoms with van der Waals surface area (Å²) in [6.45, 7) is 7.86. The van der Waals surface area contributed by atoms with Crippen LogP contribution in [0.25, 0.3) is 0 Å². The van der Waals surface area contributed by atoms with Crippen molar-refractivity contribution in [3.05, 3.63) is 0 Å². The maximum Gasteiger partial charge on any atom is 1.00 e. The quantitative estimate of drug-likeness (QED) is 0.548. The molecule has 0 aromatic rings. The van der Waals surface area contributed by atoms with Gasteiger partial charge in [0.2, 0.25) is 0 Å². The molecule has 0 rings (SSSR count). The zero-order valence-corrected chi connectivity index (χ0v) is 8.08. The highest BCUT2D eigenvalue weighted by Crippen LogP contribution is 1.90. The van der Waals surface area contributed by atoms with Crippen LogP contribution in [-0.4, -0.2) is 29.3 Å². The van der Waals surface area contributed by atoms with E-state index >= 15 is 0 Å². The van der Waals surface area contributed by atoms with E-state index in [0.717, 1.165) is 0 Å². The molecule has 0 saturated carbocycles. The maximum atomic E-state index is 5.22. The molecule has 62 valence electrons. The number of rotatable bonds is 6. The Morgan fingerprint density at radius 1 is 0.900 bits per heavy atom. The molecule has 0 saturated heterocycles. The van der Waals surface area contributed by atoms with E-state index in [1.54, 1.807) is 0 Å². The largest absolute Gasteiger partial charge is 1.00 e. The smallest absolute Gasteiger partial charge is 0.376 e. The maximum absolute atomic E-state index is 5.22. The van der Waals surface area contributed by atoms with Gasteiger partial charge in [0.05, 0.1) is 0 Å². The predicted octanol–water partition coefficient (Wildman–Crippen LogP) is 0.926. The van der Waals surface area contributed by atoms with Crippen molar-refractivity contribution in [2.75, 3.05) is 19.8 Å². The molecule has 4 heteroatoms. The third kappa shape index (κ3) is 4.93. The Morgan fingerprint density at radius 2 is 1.20 bits per heavy atom. The second-order valence-electron chi connectivity index (χ2n) is 1.65. The summed E-state index contributed by atoms with van der Waals surface area (Å²) in [4.78, 5) is 0. The van der Waals surface area contributed by atoms with Gasteiger partial charge in [-0.2, -0.15) is 0 Å². The molecule has 0 aliphatic heterocycles. The minimum Gasteiger partial charge on any atom is -0.376 e. The molecule has 0 atom stereocenters. The average molecular weight is 165 g/mol. The van der Waals surface area contributed by atoms with Crippen molar-refractivity contribution in [1.29, 1.82) is 0 Å². The van der Waals surface area contributed by atoms with Crippen molar-refractivity contribution in [1.82, 2.24) is 0 Å². The van der Waals surface area contributed by atoms with Crippen molar-refractivity contribution in [3.8, 4) is 0 Å². The third-order valence-electron chi connectivity index (χ3n) is 0.908. The summed E-state index contributed by atoms with van der Waals surface area (Å²) in [5.41, 5.74) is 0. The van der Waals surface area contributed by atoms with E-state index in [4.69, 9.17) is 13.3 Å². The standard InChI is InChI=1S/C6H16O3Si/c1-4-7-10(8-5-2)9-6-3/h10H,4-6H2,1-3H3/p+1. The van der Waals surface area contributed by atoms with E-state index in [1.165, 1.54) is 0 Å². The molecule has 0 N–H and O–H groups in total. The van der Waals surface area contributed by atoms with Gasteiger partial charge in [-0.25, -0.2) is 0 Å². The molecule has 0 unspecified atom stereocenters. The van der Waals surface area contributed by atoms with Gasteiger partial charge >= 0.3 is 11.0 Å². The van der Waals surface area contributed by atoms with Crippen LogP contribution in [0.5, 0.6) is 0 Å². The molecular formula is C6H17O3Si+. The Labute approximate surface area is 65.7 Å². The van der Waals surface area contributed by atoms with Crippen LogP contribution >= 0.6 is 0 Å². The van der Waals surface area contributed by atoms with E-state index in [1.807, 2.05) is 20.8 Å². The van der Waals surface area contributed by atoms with Crippen LogP contribution in [0.1, 0.15) is 22.2 Å². The van der Waals surface area contributed by atoms with Crippen LogP contribution in [0.4, 0.5) is 0 Å². The van der Waals surface area contributed by atoms with Crippen molar-refractivity contribution in [2.45, 2.75) is 20.8 Å². The van der Waals surface area contributed by atoms with E-state index < -0.39 is 9.53 Å². The molecule has 0 aromatic carbocycles. The van der Waals surface area contributed by atoms with Crippen molar-refractivity contribution in [2.24, 2.45) is 0 Å². The summed E-state index contributed by atoms with van der Waals surface area (Å²) >= 11 is 0. The van der Waals surface area contributed by atoms with Crippen LogP contribution in [0.2, 0.25) is 0 Å². The normalized spacial score (nSPS) is 10.8. The zero-order valence-electron chi connectivity index (χ0n) is 7.92. The van der Waals surface area contributed by atoms with Crippen molar-refractivity contribution in [3.63, 3.8) is 0 Å². The van der Waals surface area contributed by atoms with Gasteiger partial charge in [0, 0.05) is 19.8 Å². The summed E-state index contributed by atoms with van der Waals surface area (Å²) in [6.07, 6.45) is 0. The molecule has 0 aliphatic carbocycles. The van der Waals surface area contributed by atoms with E-state index in [-0.39, 0.29) is 1.43 Å². The topological polar surface area (TPSA) is 27.7 Å². The third-order valence-corrected chi connectivity index (χ3v) is 2.72. The molecule has 10 heavy (non-hydrogen) atoms. The van der Waals surface area contributed by atoms with Gasteiger partial charge in [0.25, 0.3) is 0 Å². The highest BCUT2D eigenvalue weighted by atomic mass is 28.3. The lowest BCUT2D eigenvalue weighted by Crippen LogP contribution is -2.27. The SMILES string of the molecule is CCO[SiH](OCC)OCC.[H+]. The molecular weight excluding hydrogens is 148 g/mol. The first-order valence-electron chi connectivity index (χ1n) is 3.69. The number of hydrogen-bond acceptors (Lipinski definition) is 3.